The fraction of sp³-hybridized carbons (Fsp3) is 0.571. The summed E-state index contributed by atoms with van der Waals surface area (Å²) in [4.78, 5) is 12.5. The van der Waals surface area contributed by atoms with Gasteiger partial charge in [-0.3, -0.25) is 10.1 Å². The van der Waals surface area contributed by atoms with E-state index in [9.17, 15) is 19.4 Å². The number of rotatable bonds is 4. The second-order valence-corrected chi connectivity index (χ2v) is 12.6. The summed E-state index contributed by atoms with van der Waals surface area (Å²) in [5.41, 5.74) is 1.23. The Morgan fingerprint density at radius 3 is 2.63 bits per heavy atom. The Bertz CT molecular complexity index is 1210. The number of carbonyl (C=O) groups excluding carboxylic acids is 1. The molecule has 5 N–H and O–H groups in total. The number of hydrogen-bond acceptors (Lipinski definition) is 4. The molecular weight excluding hydrogens is 463 g/mol. The highest BCUT2D eigenvalue weighted by Gasteiger charge is 2.87. The van der Waals surface area contributed by atoms with Gasteiger partial charge < -0.3 is 15.6 Å². The van der Waals surface area contributed by atoms with E-state index in [1.54, 1.807) is 12.1 Å². The molecule has 4 saturated carbocycles. The fourth-order valence-corrected chi connectivity index (χ4v) is 9.87. The highest BCUT2D eigenvalue weighted by molar-refractivity contribution is 7.96. The van der Waals surface area contributed by atoms with Gasteiger partial charge in [-0.1, -0.05) is 19.4 Å². The van der Waals surface area contributed by atoms with Gasteiger partial charge in [-0.2, -0.15) is 0 Å². The van der Waals surface area contributed by atoms with E-state index in [0.29, 0.717) is 19.3 Å². The zero-order valence-corrected chi connectivity index (χ0v) is 21.2. The number of carbonyl (C=O) groups is 1. The third-order valence-electron chi connectivity index (χ3n) is 11.2. The zero-order chi connectivity index (χ0) is 25.0. The second-order valence-electron chi connectivity index (χ2n) is 12.2. The molecule has 186 valence electrons. The molecule has 7 atom stereocenters. The number of aliphatic hydroxyl groups excluding tert-OH is 1. The predicted octanol–water partition coefficient (Wildman–Crippen LogP) is 3.80. The lowest BCUT2D eigenvalue weighted by molar-refractivity contribution is -0.513. The van der Waals surface area contributed by atoms with Crippen LogP contribution in [0.5, 0.6) is 0 Å². The normalized spacial score (nSPS) is 45.6. The van der Waals surface area contributed by atoms with Crippen LogP contribution < -0.4 is 5.32 Å². The number of allylic oxidation sites excluding steroid dienone is 3. The Labute approximate surface area is 210 Å². The number of hydrogen-bond donors (Lipinski definition) is 5. The van der Waals surface area contributed by atoms with Gasteiger partial charge in [0.25, 0.3) is 0 Å². The van der Waals surface area contributed by atoms with Crippen LogP contribution >= 0.6 is 12.6 Å². The molecule has 1 aromatic carbocycles. The molecule has 5 nitrogen and oxygen atoms in total. The molecule has 6 rings (SSSR count). The van der Waals surface area contributed by atoms with E-state index >= 15 is 0 Å². The van der Waals surface area contributed by atoms with Gasteiger partial charge >= 0.3 is 0 Å². The average Bonchev–Trinajstić information content (AvgIpc) is 3.46. The molecule has 5 aliphatic rings. The van der Waals surface area contributed by atoms with Crippen molar-refractivity contribution in [2.45, 2.75) is 70.5 Å². The van der Waals surface area contributed by atoms with Crippen molar-refractivity contribution in [3.05, 3.63) is 53.0 Å². The highest BCUT2D eigenvalue weighted by Crippen LogP contribution is 2.90. The van der Waals surface area contributed by atoms with Crippen molar-refractivity contribution < 1.29 is 24.7 Å². The van der Waals surface area contributed by atoms with Gasteiger partial charge in [0.2, 0.25) is 5.12 Å². The minimum Gasteiger partial charge on any atom is -0.392 e. The molecule has 0 spiro atoms. The van der Waals surface area contributed by atoms with E-state index in [1.807, 2.05) is 12.2 Å². The Morgan fingerprint density at radius 1 is 1.26 bits per heavy atom. The number of thiol groups is 1. The molecule has 1 aromatic rings. The lowest BCUT2D eigenvalue weighted by atomic mass is 9.45. The van der Waals surface area contributed by atoms with Crippen molar-refractivity contribution in [3.63, 3.8) is 0 Å². The van der Waals surface area contributed by atoms with Crippen LogP contribution in [0, 0.1) is 38.8 Å². The van der Waals surface area contributed by atoms with Crippen molar-refractivity contribution in [1.29, 1.82) is 5.41 Å². The third kappa shape index (κ3) is 2.65. The van der Waals surface area contributed by atoms with E-state index < -0.39 is 22.2 Å². The molecule has 0 heterocycles. The van der Waals surface area contributed by atoms with Gasteiger partial charge in [0, 0.05) is 40.2 Å². The molecule has 0 saturated heterocycles. The van der Waals surface area contributed by atoms with Gasteiger partial charge in [-0.25, -0.2) is 4.39 Å². The van der Waals surface area contributed by atoms with Crippen molar-refractivity contribution in [2.24, 2.45) is 27.6 Å². The van der Waals surface area contributed by atoms with Gasteiger partial charge in [0.15, 0.2) is 0 Å². The largest absolute Gasteiger partial charge is 0.392 e. The highest BCUT2D eigenvalue weighted by atomic mass is 32.1. The summed E-state index contributed by atoms with van der Waals surface area (Å²) in [7, 11) is 0. The summed E-state index contributed by atoms with van der Waals surface area (Å²) in [6.07, 6.45) is 7.98. The number of nitrogens with one attached hydrogen (secondary N) is 1. The second kappa shape index (κ2) is 7.15. The first-order valence-electron chi connectivity index (χ1n) is 12.7. The standard InChI is InChI=1S/C28H33FN2O3S/c1-24-12-16(14-30)20(31-19-5-3-18(29)4-6-19)11-17(24)7-9-26-15-27(24,26)22(32)13-25(2)21(26)8-10-28(25,34)23(33)35/h3-6,11,14,21-22,30-32,34H,7-10,12-13,15H2,1-2H3,(H,33,35)/p+1. The maximum Gasteiger partial charge on any atom is 0.218 e. The van der Waals surface area contributed by atoms with E-state index in [2.05, 4.69) is 25.6 Å². The smallest absolute Gasteiger partial charge is 0.218 e. The molecule has 35 heavy (non-hydrogen) atoms. The van der Waals surface area contributed by atoms with Crippen LogP contribution in [0.3, 0.4) is 0 Å². The molecular formula is C28H34FN2O3S+. The maximum absolute atomic E-state index is 13.4. The van der Waals surface area contributed by atoms with Crippen LogP contribution in [0.25, 0.3) is 0 Å². The first kappa shape index (κ1) is 23.6. The molecule has 0 aromatic heterocycles. The quantitative estimate of drug-likeness (QED) is 0.249. The van der Waals surface area contributed by atoms with Gasteiger partial charge in [-0.05, 0) is 74.5 Å². The lowest BCUT2D eigenvalue weighted by Gasteiger charge is -2.60. The maximum atomic E-state index is 13.4. The first-order valence-corrected chi connectivity index (χ1v) is 13.1. The van der Waals surface area contributed by atoms with E-state index in [0.717, 1.165) is 42.6 Å². The fourth-order valence-electron chi connectivity index (χ4n) is 9.50. The zero-order valence-electron chi connectivity index (χ0n) is 20.3. The van der Waals surface area contributed by atoms with Crippen molar-refractivity contribution in [2.75, 3.05) is 0 Å². The predicted molar refractivity (Wildman–Crippen MR) is 134 cm³/mol. The van der Waals surface area contributed by atoms with Gasteiger partial charge in [0.05, 0.1) is 6.10 Å². The lowest BCUT2D eigenvalue weighted by Crippen LogP contribution is -2.76. The van der Waals surface area contributed by atoms with Crippen LogP contribution in [-0.2, 0) is 4.79 Å². The minimum absolute atomic E-state index is 0.107. The number of benzene rings is 1. The molecule has 7 heteroatoms. The Kier molecular flexibility index (Phi) is 4.82. The number of aliphatic hydroxyl groups is 2. The molecule has 0 aliphatic heterocycles. The summed E-state index contributed by atoms with van der Waals surface area (Å²) in [6, 6.07) is 6.39. The molecule has 0 radical (unpaired) electrons. The van der Waals surface area contributed by atoms with Crippen LogP contribution in [0.15, 0.2) is 47.2 Å². The van der Waals surface area contributed by atoms with Crippen molar-refractivity contribution in [3.8, 4) is 0 Å². The minimum atomic E-state index is -1.49. The SMILES string of the molecule is CC12CC(C=N)=C([NH2+]c3ccc(F)cc3)C=C1CCC13CC21C(O)CC1(C)C3CCC1(O)C(=O)S. The van der Waals surface area contributed by atoms with E-state index in [-0.39, 0.29) is 28.0 Å². The summed E-state index contributed by atoms with van der Waals surface area (Å²) in [5.74, 6) is -0.108. The van der Waals surface area contributed by atoms with E-state index in [1.165, 1.54) is 23.9 Å². The molecule has 7 unspecified atom stereocenters. The molecule has 0 amide bonds. The van der Waals surface area contributed by atoms with Gasteiger partial charge in [-0.15, -0.1) is 12.6 Å². The summed E-state index contributed by atoms with van der Waals surface area (Å²) in [6.45, 7) is 4.25. The number of fused-ring (bicyclic) bond motifs is 2. The third-order valence-corrected chi connectivity index (χ3v) is 11.6. The Balaban J connectivity index is 1.39. The average molecular weight is 498 g/mol. The summed E-state index contributed by atoms with van der Waals surface area (Å²) >= 11 is 4.07. The number of halogens is 1. The Hall–Kier alpha value is -1.80. The molecule has 0 bridgehead atoms. The monoisotopic (exact) mass is 497 g/mol. The molecule has 4 fully saturated rings. The van der Waals surface area contributed by atoms with Crippen LogP contribution in [0.4, 0.5) is 10.1 Å². The Morgan fingerprint density at radius 2 is 1.97 bits per heavy atom. The van der Waals surface area contributed by atoms with Crippen molar-refractivity contribution >= 4 is 29.6 Å². The summed E-state index contributed by atoms with van der Waals surface area (Å²) in [5, 5.41) is 33.0. The van der Waals surface area contributed by atoms with Crippen LogP contribution in [0.1, 0.15) is 58.8 Å². The van der Waals surface area contributed by atoms with Crippen molar-refractivity contribution in [1.82, 2.24) is 0 Å². The van der Waals surface area contributed by atoms with Crippen LogP contribution in [-0.4, -0.2) is 33.2 Å². The summed E-state index contributed by atoms with van der Waals surface area (Å²) < 4.78 is 13.4. The number of nitrogens with two attached hydrogens (primary N) is 1. The van der Waals surface area contributed by atoms with Crippen LogP contribution in [0.2, 0.25) is 0 Å². The van der Waals surface area contributed by atoms with Gasteiger partial charge in [0.1, 0.15) is 22.8 Å². The molecule has 5 aliphatic carbocycles. The first-order chi connectivity index (χ1) is 16.5. The number of quaternary nitrogens is 1. The topological polar surface area (TPSA) is 98.0 Å². The van der Waals surface area contributed by atoms with E-state index in [4.69, 9.17) is 5.41 Å².